The van der Waals surface area contributed by atoms with E-state index in [1.54, 1.807) is 7.11 Å². The lowest BCUT2D eigenvalue weighted by atomic mass is 9.99. The van der Waals surface area contributed by atoms with Crippen LogP contribution < -0.4 is 14.8 Å². The van der Waals surface area contributed by atoms with Crippen LogP contribution in [0.4, 0.5) is 0 Å². The van der Waals surface area contributed by atoms with Crippen LogP contribution in [0.1, 0.15) is 24.9 Å². The van der Waals surface area contributed by atoms with Gasteiger partial charge in [0.05, 0.1) is 20.3 Å². The highest BCUT2D eigenvalue weighted by atomic mass is 16.5. The van der Waals surface area contributed by atoms with Gasteiger partial charge in [-0.1, -0.05) is 0 Å². The predicted molar refractivity (Wildman–Crippen MR) is 65.5 cm³/mol. The Morgan fingerprint density at radius 2 is 2.41 bits per heavy atom. The lowest BCUT2D eigenvalue weighted by Gasteiger charge is -2.29. The second-order valence-electron chi connectivity index (χ2n) is 4.34. The summed E-state index contributed by atoms with van der Waals surface area (Å²) in [5, 5.41) is 12.5. The molecule has 0 bridgehead atoms. The third-order valence-electron chi connectivity index (χ3n) is 3.02. The van der Waals surface area contributed by atoms with Gasteiger partial charge in [0.25, 0.3) is 0 Å². The third-order valence-corrected chi connectivity index (χ3v) is 3.02. The summed E-state index contributed by atoms with van der Waals surface area (Å²) >= 11 is 0. The Kier molecular flexibility index (Phi) is 3.86. The van der Waals surface area contributed by atoms with Crippen molar-refractivity contribution < 1.29 is 14.6 Å². The molecule has 0 fully saturated rings. The standard InChI is InChI=1S/C13H19NO3/c1-9(8-15)14-12-5-6-17-13-4-3-10(16-2)7-11(12)13/h3-4,7,9,12,14-15H,5-6,8H2,1-2H3. The largest absolute Gasteiger partial charge is 0.497 e. The van der Waals surface area contributed by atoms with E-state index in [1.165, 1.54) is 0 Å². The molecule has 2 rings (SSSR count). The molecule has 94 valence electrons. The summed E-state index contributed by atoms with van der Waals surface area (Å²) in [7, 11) is 1.66. The maximum absolute atomic E-state index is 9.10. The van der Waals surface area contributed by atoms with Crippen molar-refractivity contribution >= 4 is 0 Å². The van der Waals surface area contributed by atoms with Crippen LogP contribution in [0, 0.1) is 0 Å². The van der Waals surface area contributed by atoms with Crippen LogP contribution in [-0.2, 0) is 0 Å². The quantitative estimate of drug-likeness (QED) is 0.833. The van der Waals surface area contributed by atoms with Crippen molar-refractivity contribution in [2.75, 3.05) is 20.3 Å². The summed E-state index contributed by atoms with van der Waals surface area (Å²) in [5.41, 5.74) is 1.11. The zero-order valence-electron chi connectivity index (χ0n) is 10.3. The lowest BCUT2D eigenvalue weighted by molar-refractivity contribution is 0.209. The molecule has 0 saturated carbocycles. The van der Waals surface area contributed by atoms with Gasteiger partial charge >= 0.3 is 0 Å². The average molecular weight is 237 g/mol. The van der Waals surface area contributed by atoms with E-state index in [1.807, 2.05) is 25.1 Å². The van der Waals surface area contributed by atoms with Gasteiger partial charge in [-0.05, 0) is 25.1 Å². The Morgan fingerprint density at radius 1 is 1.59 bits per heavy atom. The van der Waals surface area contributed by atoms with Crippen molar-refractivity contribution in [3.05, 3.63) is 23.8 Å². The smallest absolute Gasteiger partial charge is 0.124 e. The van der Waals surface area contributed by atoms with Crippen molar-refractivity contribution in [1.82, 2.24) is 5.32 Å². The maximum atomic E-state index is 9.10. The van der Waals surface area contributed by atoms with E-state index in [0.29, 0.717) is 6.61 Å². The molecule has 0 amide bonds. The van der Waals surface area contributed by atoms with Gasteiger partial charge in [0.2, 0.25) is 0 Å². The van der Waals surface area contributed by atoms with E-state index < -0.39 is 0 Å². The average Bonchev–Trinajstić information content (AvgIpc) is 2.38. The number of rotatable bonds is 4. The molecule has 0 aromatic heterocycles. The van der Waals surface area contributed by atoms with E-state index in [4.69, 9.17) is 14.6 Å². The summed E-state index contributed by atoms with van der Waals surface area (Å²) in [6.45, 7) is 2.81. The van der Waals surface area contributed by atoms with E-state index in [0.717, 1.165) is 23.5 Å². The molecule has 1 heterocycles. The molecule has 2 unspecified atom stereocenters. The van der Waals surface area contributed by atoms with Crippen molar-refractivity contribution in [1.29, 1.82) is 0 Å². The van der Waals surface area contributed by atoms with Crippen molar-refractivity contribution in [2.24, 2.45) is 0 Å². The number of fused-ring (bicyclic) bond motifs is 1. The second-order valence-corrected chi connectivity index (χ2v) is 4.34. The minimum atomic E-state index is 0.0807. The van der Waals surface area contributed by atoms with Gasteiger partial charge in [0.15, 0.2) is 0 Å². The first-order chi connectivity index (χ1) is 8.24. The van der Waals surface area contributed by atoms with Crippen LogP contribution in [0.3, 0.4) is 0 Å². The number of methoxy groups -OCH3 is 1. The number of benzene rings is 1. The molecule has 4 heteroatoms. The first-order valence-electron chi connectivity index (χ1n) is 5.92. The number of nitrogens with one attached hydrogen (secondary N) is 1. The molecular weight excluding hydrogens is 218 g/mol. The highest BCUT2D eigenvalue weighted by molar-refractivity contribution is 5.43. The lowest BCUT2D eigenvalue weighted by Crippen LogP contribution is -2.35. The highest BCUT2D eigenvalue weighted by Gasteiger charge is 2.23. The molecule has 0 spiro atoms. The molecule has 0 radical (unpaired) electrons. The topological polar surface area (TPSA) is 50.7 Å². The fourth-order valence-electron chi connectivity index (χ4n) is 2.07. The van der Waals surface area contributed by atoms with E-state index in [2.05, 4.69) is 5.32 Å². The molecular formula is C13H19NO3. The normalized spacial score (nSPS) is 20.3. The summed E-state index contributed by atoms with van der Waals surface area (Å²) in [6.07, 6.45) is 0.907. The second kappa shape index (κ2) is 5.38. The fourth-order valence-corrected chi connectivity index (χ4v) is 2.07. The molecule has 1 aliphatic rings. The van der Waals surface area contributed by atoms with E-state index in [9.17, 15) is 0 Å². The molecule has 17 heavy (non-hydrogen) atoms. The first-order valence-corrected chi connectivity index (χ1v) is 5.92. The summed E-state index contributed by atoms with van der Waals surface area (Å²) < 4.78 is 10.8. The highest BCUT2D eigenvalue weighted by Crippen LogP contribution is 2.34. The van der Waals surface area contributed by atoms with Crippen LogP contribution in [-0.4, -0.2) is 31.5 Å². The van der Waals surface area contributed by atoms with Gasteiger partial charge in [0.1, 0.15) is 11.5 Å². The van der Waals surface area contributed by atoms with Crippen LogP contribution in [0.15, 0.2) is 18.2 Å². The number of aliphatic hydroxyl groups is 1. The van der Waals surface area contributed by atoms with Gasteiger partial charge < -0.3 is 19.9 Å². The molecule has 2 N–H and O–H groups in total. The van der Waals surface area contributed by atoms with E-state index >= 15 is 0 Å². The summed E-state index contributed by atoms with van der Waals surface area (Å²) in [4.78, 5) is 0. The zero-order valence-corrected chi connectivity index (χ0v) is 10.3. The van der Waals surface area contributed by atoms with Crippen molar-refractivity contribution in [3.8, 4) is 11.5 Å². The fraction of sp³-hybridized carbons (Fsp3) is 0.538. The van der Waals surface area contributed by atoms with Gasteiger partial charge in [0, 0.05) is 24.1 Å². The van der Waals surface area contributed by atoms with Gasteiger partial charge in [-0.2, -0.15) is 0 Å². The van der Waals surface area contributed by atoms with Crippen molar-refractivity contribution in [3.63, 3.8) is 0 Å². The molecule has 4 nitrogen and oxygen atoms in total. The third kappa shape index (κ3) is 2.70. The number of ether oxygens (including phenoxy) is 2. The van der Waals surface area contributed by atoms with Crippen molar-refractivity contribution in [2.45, 2.75) is 25.4 Å². The van der Waals surface area contributed by atoms with E-state index in [-0.39, 0.29) is 18.7 Å². The number of aliphatic hydroxyl groups excluding tert-OH is 1. The first kappa shape index (κ1) is 12.2. The molecule has 1 aromatic rings. The Bertz CT molecular complexity index is 381. The molecule has 2 atom stereocenters. The maximum Gasteiger partial charge on any atom is 0.124 e. The zero-order chi connectivity index (χ0) is 12.3. The number of hydrogen-bond acceptors (Lipinski definition) is 4. The predicted octanol–water partition coefficient (Wildman–Crippen LogP) is 1.49. The summed E-state index contributed by atoms with van der Waals surface area (Å²) in [5.74, 6) is 1.73. The Labute approximate surface area is 102 Å². The SMILES string of the molecule is COc1ccc2c(c1)C(NC(C)CO)CCO2. The van der Waals surface area contributed by atoms with Gasteiger partial charge in [-0.25, -0.2) is 0 Å². The van der Waals surface area contributed by atoms with Crippen LogP contribution in [0.25, 0.3) is 0 Å². The molecule has 1 aromatic carbocycles. The minimum absolute atomic E-state index is 0.0807. The summed E-state index contributed by atoms with van der Waals surface area (Å²) in [6, 6.07) is 6.13. The molecule has 0 saturated heterocycles. The van der Waals surface area contributed by atoms with Gasteiger partial charge in [-0.3, -0.25) is 0 Å². The Hall–Kier alpha value is -1.26. The monoisotopic (exact) mass is 237 g/mol. The minimum Gasteiger partial charge on any atom is -0.497 e. The van der Waals surface area contributed by atoms with Crippen LogP contribution in [0.5, 0.6) is 11.5 Å². The van der Waals surface area contributed by atoms with Gasteiger partial charge in [-0.15, -0.1) is 0 Å². The Morgan fingerprint density at radius 3 is 3.12 bits per heavy atom. The van der Waals surface area contributed by atoms with Crippen LogP contribution in [0.2, 0.25) is 0 Å². The molecule has 0 aliphatic carbocycles. The molecule has 1 aliphatic heterocycles. The Balaban J connectivity index is 2.22. The van der Waals surface area contributed by atoms with Crippen LogP contribution >= 0.6 is 0 Å². The number of hydrogen-bond donors (Lipinski definition) is 2.